The molecule has 7 heteroatoms. The molecule has 26 heavy (non-hydrogen) atoms. The monoisotopic (exact) mass is 371 g/mol. The van der Waals surface area contributed by atoms with Crippen molar-refractivity contribution in [3.63, 3.8) is 0 Å². The molecule has 0 aromatic heterocycles. The maximum absolute atomic E-state index is 12.5. The molecule has 0 aliphatic carbocycles. The van der Waals surface area contributed by atoms with Crippen LogP contribution >= 0.6 is 11.6 Å². The molecule has 2 aromatic carbocycles. The van der Waals surface area contributed by atoms with Gasteiger partial charge in [0.05, 0.1) is 5.92 Å². The van der Waals surface area contributed by atoms with Crippen molar-refractivity contribution in [2.75, 3.05) is 22.1 Å². The van der Waals surface area contributed by atoms with Crippen LogP contribution in [0.15, 0.2) is 48.5 Å². The lowest BCUT2D eigenvalue weighted by atomic mass is 10.1. The number of nitrogens with zero attached hydrogens (tertiary/aromatic N) is 1. The number of rotatable bonds is 4. The molecular weight excluding hydrogens is 354 g/mol. The third kappa shape index (κ3) is 4.21. The standard InChI is InChI=1S/C19H18ClN3O3/c1-12(24)21-15-5-3-6-16(10-15)22-19(26)13-8-18(25)23(11-13)17-7-2-4-14(20)9-17/h2-7,9-10,13H,8,11H2,1H3,(H,21,24)(H,22,26). The summed E-state index contributed by atoms with van der Waals surface area (Å²) in [6.45, 7) is 1.72. The number of halogens is 1. The topological polar surface area (TPSA) is 78.5 Å². The van der Waals surface area contributed by atoms with E-state index in [4.69, 9.17) is 11.6 Å². The second kappa shape index (κ2) is 7.58. The first-order chi connectivity index (χ1) is 12.4. The Balaban J connectivity index is 1.68. The summed E-state index contributed by atoms with van der Waals surface area (Å²) in [4.78, 5) is 37.5. The molecular formula is C19H18ClN3O3. The van der Waals surface area contributed by atoms with E-state index < -0.39 is 5.92 Å². The summed E-state index contributed by atoms with van der Waals surface area (Å²) < 4.78 is 0. The quantitative estimate of drug-likeness (QED) is 0.865. The van der Waals surface area contributed by atoms with E-state index in [-0.39, 0.29) is 24.1 Å². The molecule has 1 fully saturated rings. The number of carbonyl (C=O) groups excluding carboxylic acids is 3. The van der Waals surface area contributed by atoms with Crippen LogP contribution in [-0.4, -0.2) is 24.3 Å². The van der Waals surface area contributed by atoms with Gasteiger partial charge in [0, 0.05) is 42.0 Å². The van der Waals surface area contributed by atoms with E-state index in [0.29, 0.717) is 28.6 Å². The first-order valence-corrected chi connectivity index (χ1v) is 8.54. The first kappa shape index (κ1) is 17.9. The number of anilines is 3. The van der Waals surface area contributed by atoms with Crippen LogP contribution in [-0.2, 0) is 14.4 Å². The van der Waals surface area contributed by atoms with Gasteiger partial charge in [0.25, 0.3) is 0 Å². The van der Waals surface area contributed by atoms with Gasteiger partial charge in [-0.05, 0) is 36.4 Å². The molecule has 0 saturated carbocycles. The predicted octanol–water partition coefficient (Wildman–Crippen LogP) is 3.29. The van der Waals surface area contributed by atoms with Crippen LogP contribution in [0.5, 0.6) is 0 Å². The average molecular weight is 372 g/mol. The van der Waals surface area contributed by atoms with E-state index in [1.807, 2.05) is 0 Å². The fourth-order valence-electron chi connectivity index (χ4n) is 2.90. The van der Waals surface area contributed by atoms with Crippen LogP contribution < -0.4 is 15.5 Å². The zero-order valence-electron chi connectivity index (χ0n) is 14.2. The zero-order chi connectivity index (χ0) is 18.7. The highest BCUT2D eigenvalue weighted by Gasteiger charge is 2.35. The number of amides is 3. The highest BCUT2D eigenvalue weighted by atomic mass is 35.5. The molecule has 1 unspecified atom stereocenters. The molecule has 2 aromatic rings. The molecule has 6 nitrogen and oxygen atoms in total. The Morgan fingerprint density at radius 1 is 1.08 bits per heavy atom. The van der Waals surface area contributed by atoms with E-state index in [1.54, 1.807) is 53.4 Å². The Morgan fingerprint density at radius 3 is 2.46 bits per heavy atom. The lowest BCUT2D eigenvalue weighted by Crippen LogP contribution is -2.28. The van der Waals surface area contributed by atoms with Gasteiger partial charge >= 0.3 is 0 Å². The van der Waals surface area contributed by atoms with Gasteiger partial charge in [-0.25, -0.2) is 0 Å². The Hall–Kier alpha value is -2.86. The van der Waals surface area contributed by atoms with Gasteiger partial charge in [-0.3, -0.25) is 14.4 Å². The summed E-state index contributed by atoms with van der Waals surface area (Å²) >= 11 is 5.98. The van der Waals surface area contributed by atoms with Gasteiger partial charge in [-0.1, -0.05) is 23.7 Å². The third-order valence-electron chi connectivity index (χ3n) is 4.07. The average Bonchev–Trinajstić information content (AvgIpc) is 2.96. The molecule has 3 rings (SSSR count). The molecule has 0 spiro atoms. The largest absolute Gasteiger partial charge is 0.326 e. The lowest BCUT2D eigenvalue weighted by Gasteiger charge is -2.17. The Kier molecular flexibility index (Phi) is 5.23. The van der Waals surface area contributed by atoms with E-state index >= 15 is 0 Å². The van der Waals surface area contributed by atoms with Crippen LogP contribution in [0.1, 0.15) is 13.3 Å². The molecule has 0 radical (unpaired) electrons. The van der Waals surface area contributed by atoms with Crippen molar-refractivity contribution in [1.82, 2.24) is 0 Å². The number of hydrogen-bond donors (Lipinski definition) is 2. The molecule has 1 aliphatic heterocycles. The minimum Gasteiger partial charge on any atom is -0.326 e. The van der Waals surface area contributed by atoms with Crippen molar-refractivity contribution >= 4 is 46.4 Å². The number of benzene rings is 2. The van der Waals surface area contributed by atoms with Crippen molar-refractivity contribution in [3.8, 4) is 0 Å². The molecule has 1 aliphatic rings. The van der Waals surface area contributed by atoms with E-state index in [2.05, 4.69) is 10.6 Å². The highest BCUT2D eigenvalue weighted by molar-refractivity contribution is 6.31. The summed E-state index contributed by atoms with van der Waals surface area (Å²) in [6, 6.07) is 13.9. The minimum atomic E-state index is -0.453. The Bertz CT molecular complexity index is 869. The van der Waals surface area contributed by atoms with Gasteiger partial charge in [0.1, 0.15) is 0 Å². The fourth-order valence-corrected chi connectivity index (χ4v) is 3.08. The lowest BCUT2D eigenvalue weighted by molar-refractivity contribution is -0.122. The molecule has 3 amide bonds. The van der Waals surface area contributed by atoms with Gasteiger partial charge in [0.2, 0.25) is 17.7 Å². The van der Waals surface area contributed by atoms with Crippen LogP contribution in [0, 0.1) is 5.92 Å². The van der Waals surface area contributed by atoms with E-state index in [1.165, 1.54) is 6.92 Å². The molecule has 134 valence electrons. The van der Waals surface area contributed by atoms with Crippen molar-refractivity contribution in [3.05, 3.63) is 53.6 Å². The van der Waals surface area contributed by atoms with Crippen molar-refractivity contribution in [2.24, 2.45) is 5.92 Å². The molecule has 1 saturated heterocycles. The van der Waals surface area contributed by atoms with Crippen molar-refractivity contribution < 1.29 is 14.4 Å². The van der Waals surface area contributed by atoms with E-state index in [9.17, 15) is 14.4 Å². The smallest absolute Gasteiger partial charge is 0.229 e. The highest BCUT2D eigenvalue weighted by Crippen LogP contribution is 2.28. The molecule has 0 bridgehead atoms. The van der Waals surface area contributed by atoms with Crippen LogP contribution in [0.4, 0.5) is 17.1 Å². The Labute approximate surface area is 156 Å². The van der Waals surface area contributed by atoms with Crippen molar-refractivity contribution in [1.29, 1.82) is 0 Å². The maximum Gasteiger partial charge on any atom is 0.229 e. The summed E-state index contributed by atoms with van der Waals surface area (Å²) in [6.07, 6.45) is 0.143. The maximum atomic E-state index is 12.5. The van der Waals surface area contributed by atoms with Gasteiger partial charge in [-0.2, -0.15) is 0 Å². The molecule has 1 atom stereocenters. The second-order valence-electron chi connectivity index (χ2n) is 6.14. The second-order valence-corrected chi connectivity index (χ2v) is 6.57. The summed E-state index contributed by atoms with van der Waals surface area (Å²) in [7, 11) is 0. The number of carbonyl (C=O) groups is 3. The van der Waals surface area contributed by atoms with Gasteiger partial charge < -0.3 is 15.5 Å². The molecule has 1 heterocycles. The van der Waals surface area contributed by atoms with Gasteiger partial charge in [-0.15, -0.1) is 0 Å². The normalized spacial score (nSPS) is 16.5. The van der Waals surface area contributed by atoms with Crippen molar-refractivity contribution in [2.45, 2.75) is 13.3 Å². The van der Waals surface area contributed by atoms with Gasteiger partial charge in [0.15, 0.2) is 0 Å². The van der Waals surface area contributed by atoms with E-state index in [0.717, 1.165) is 0 Å². The van der Waals surface area contributed by atoms with Crippen LogP contribution in [0.3, 0.4) is 0 Å². The minimum absolute atomic E-state index is 0.112. The third-order valence-corrected chi connectivity index (χ3v) is 4.30. The molecule has 2 N–H and O–H groups in total. The summed E-state index contributed by atoms with van der Waals surface area (Å²) in [5.41, 5.74) is 1.85. The van der Waals surface area contributed by atoms with Crippen LogP contribution in [0.25, 0.3) is 0 Å². The number of hydrogen-bond acceptors (Lipinski definition) is 3. The summed E-state index contributed by atoms with van der Waals surface area (Å²) in [5.74, 6) is -0.986. The fraction of sp³-hybridized carbons (Fsp3) is 0.211. The van der Waals surface area contributed by atoms with Crippen LogP contribution in [0.2, 0.25) is 5.02 Å². The first-order valence-electron chi connectivity index (χ1n) is 8.17. The number of nitrogens with one attached hydrogen (secondary N) is 2. The summed E-state index contributed by atoms with van der Waals surface area (Å²) in [5, 5.41) is 6.01. The predicted molar refractivity (Wildman–Crippen MR) is 101 cm³/mol. The zero-order valence-corrected chi connectivity index (χ0v) is 14.9. The SMILES string of the molecule is CC(=O)Nc1cccc(NC(=O)C2CC(=O)N(c3cccc(Cl)c3)C2)c1. The Morgan fingerprint density at radius 2 is 1.77 bits per heavy atom.